The Morgan fingerprint density at radius 3 is 1.97 bits per heavy atom. The van der Waals surface area contributed by atoms with Crippen LogP contribution in [-0.4, -0.2) is 49.0 Å². The van der Waals surface area contributed by atoms with Crippen molar-refractivity contribution in [2.75, 3.05) is 13.2 Å². The lowest BCUT2D eigenvalue weighted by atomic mass is 9.89. The Balaban J connectivity index is 3.11. The number of halogens is 7. The summed E-state index contributed by atoms with van der Waals surface area (Å²) in [6.07, 6.45) is -5.25. The van der Waals surface area contributed by atoms with Crippen LogP contribution < -0.4 is 0 Å². The first-order chi connectivity index (χ1) is 13.2. The molecule has 1 atom stereocenters. The van der Waals surface area contributed by atoms with Gasteiger partial charge in [-0.25, -0.2) is 13.6 Å². The third-order valence-electron chi connectivity index (χ3n) is 4.46. The summed E-state index contributed by atoms with van der Waals surface area (Å²) >= 11 is 0. The Morgan fingerprint density at radius 1 is 0.966 bits per heavy atom. The Bertz CT molecular complexity index is 567. The molecule has 1 rings (SSSR count). The first-order valence-corrected chi connectivity index (χ1v) is 9.04. The van der Waals surface area contributed by atoms with Crippen LogP contribution in [0.4, 0.5) is 30.7 Å². The number of carbonyl (C=O) groups is 2. The first kappa shape index (κ1) is 25.4. The minimum Gasteiger partial charge on any atom is -0.461 e. The van der Waals surface area contributed by atoms with Gasteiger partial charge in [-0.2, -0.15) is 22.0 Å². The summed E-state index contributed by atoms with van der Waals surface area (Å²) in [5, 5.41) is 0. The van der Waals surface area contributed by atoms with Crippen molar-refractivity contribution in [3.05, 3.63) is 0 Å². The molecule has 0 aromatic heterocycles. The molecule has 1 unspecified atom stereocenters. The number of hydrogen-bond donors (Lipinski definition) is 0. The van der Waals surface area contributed by atoms with Crippen LogP contribution in [-0.2, 0) is 23.8 Å². The van der Waals surface area contributed by atoms with Crippen LogP contribution in [0, 0.1) is 5.92 Å². The lowest BCUT2D eigenvalue weighted by molar-refractivity contribution is -0.359. The van der Waals surface area contributed by atoms with Gasteiger partial charge in [0.05, 0.1) is 19.1 Å². The summed E-state index contributed by atoms with van der Waals surface area (Å²) in [6.45, 7) is -1.16. The first-order valence-electron chi connectivity index (χ1n) is 9.04. The third-order valence-corrected chi connectivity index (χ3v) is 4.46. The zero-order chi connectivity index (χ0) is 22.5. The van der Waals surface area contributed by atoms with E-state index in [0.29, 0.717) is 12.8 Å². The maximum absolute atomic E-state index is 13.7. The van der Waals surface area contributed by atoms with E-state index in [9.17, 15) is 40.3 Å². The van der Waals surface area contributed by atoms with Crippen LogP contribution in [0.1, 0.15) is 52.4 Å². The van der Waals surface area contributed by atoms with Gasteiger partial charge in [0.2, 0.25) is 0 Å². The normalized spacial score (nSPS) is 18.8. The zero-order valence-electron chi connectivity index (χ0n) is 15.9. The number of rotatable bonds is 9. The zero-order valence-corrected chi connectivity index (χ0v) is 15.9. The Kier molecular flexibility index (Phi) is 8.32. The van der Waals surface area contributed by atoms with Crippen LogP contribution >= 0.6 is 0 Å². The summed E-state index contributed by atoms with van der Waals surface area (Å²) in [7, 11) is 0. The molecule has 0 spiro atoms. The Labute approximate surface area is 162 Å². The fourth-order valence-electron chi connectivity index (χ4n) is 2.72. The standard InChI is InChI=1S/C17H23F7O5/c1-3-27-13(26)16(17(22,23)24,28-10-9-15(20,21)14(2,18)19)29-12(25)11-7-5-4-6-8-11/h11H,3-10H2,1-2H3. The summed E-state index contributed by atoms with van der Waals surface area (Å²) in [4.78, 5) is 24.2. The van der Waals surface area contributed by atoms with E-state index in [4.69, 9.17) is 0 Å². The fraction of sp³-hybridized carbons (Fsp3) is 0.882. The van der Waals surface area contributed by atoms with Gasteiger partial charge in [0.1, 0.15) is 0 Å². The molecule has 1 aliphatic carbocycles. The van der Waals surface area contributed by atoms with Crippen molar-refractivity contribution in [3.8, 4) is 0 Å². The molecule has 0 amide bonds. The molecule has 1 aliphatic rings. The van der Waals surface area contributed by atoms with E-state index in [1.807, 2.05) is 0 Å². The van der Waals surface area contributed by atoms with Crippen molar-refractivity contribution in [2.24, 2.45) is 5.92 Å². The maximum atomic E-state index is 13.7. The van der Waals surface area contributed by atoms with Crippen LogP contribution in [0.15, 0.2) is 0 Å². The highest BCUT2D eigenvalue weighted by molar-refractivity contribution is 5.83. The second kappa shape index (κ2) is 9.48. The van der Waals surface area contributed by atoms with E-state index < -0.39 is 61.3 Å². The molecular weight excluding hydrogens is 417 g/mol. The predicted octanol–water partition coefficient (Wildman–Crippen LogP) is 4.63. The minimum atomic E-state index is -5.70. The Hall–Kier alpha value is -1.59. The smallest absolute Gasteiger partial charge is 0.461 e. The maximum Gasteiger partial charge on any atom is 0.468 e. The topological polar surface area (TPSA) is 61.8 Å². The van der Waals surface area contributed by atoms with Crippen molar-refractivity contribution in [3.63, 3.8) is 0 Å². The van der Waals surface area contributed by atoms with Gasteiger partial charge in [-0.1, -0.05) is 19.3 Å². The van der Waals surface area contributed by atoms with Gasteiger partial charge in [-0.05, 0) is 19.8 Å². The molecule has 0 aliphatic heterocycles. The van der Waals surface area contributed by atoms with Gasteiger partial charge in [0.25, 0.3) is 0 Å². The van der Waals surface area contributed by atoms with Crippen molar-refractivity contribution in [1.29, 1.82) is 0 Å². The summed E-state index contributed by atoms with van der Waals surface area (Å²) in [5.41, 5.74) is 0. The number of alkyl halides is 7. The lowest BCUT2D eigenvalue weighted by Crippen LogP contribution is -2.59. The van der Waals surface area contributed by atoms with Crippen molar-refractivity contribution >= 4 is 11.9 Å². The summed E-state index contributed by atoms with van der Waals surface area (Å²) in [6, 6.07) is 0. The van der Waals surface area contributed by atoms with Crippen LogP contribution in [0.2, 0.25) is 0 Å². The van der Waals surface area contributed by atoms with Gasteiger partial charge in [0.15, 0.2) is 0 Å². The van der Waals surface area contributed by atoms with Gasteiger partial charge in [-0.3, -0.25) is 4.79 Å². The van der Waals surface area contributed by atoms with Crippen molar-refractivity contribution in [1.82, 2.24) is 0 Å². The fourth-order valence-corrected chi connectivity index (χ4v) is 2.72. The second-order valence-electron chi connectivity index (χ2n) is 6.78. The van der Waals surface area contributed by atoms with Crippen molar-refractivity contribution < 1.29 is 54.5 Å². The SMILES string of the molecule is CCOC(=O)C(OCCC(F)(F)C(C)(F)F)(OC(=O)C1CCCCC1)C(F)(F)F. The molecule has 12 heteroatoms. The van der Waals surface area contributed by atoms with E-state index in [1.54, 1.807) is 0 Å². The second-order valence-corrected chi connectivity index (χ2v) is 6.78. The van der Waals surface area contributed by atoms with Crippen LogP contribution in [0.5, 0.6) is 0 Å². The molecule has 29 heavy (non-hydrogen) atoms. The molecule has 0 N–H and O–H groups in total. The summed E-state index contributed by atoms with van der Waals surface area (Å²) < 4.78 is 106. The monoisotopic (exact) mass is 440 g/mol. The number of hydrogen-bond acceptors (Lipinski definition) is 5. The van der Waals surface area contributed by atoms with Gasteiger partial charge < -0.3 is 14.2 Å². The molecule has 0 aromatic carbocycles. The largest absolute Gasteiger partial charge is 0.468 e. The van der Waals surface area contributed by atoms with Crippen LogP contribution in [0.3, 0.4) is 0 Å². The van der Waals surface area contributed by atoms with Gasteiger partial charge in [0, 0.05) is 13.3 Å². The summed E-state index contributed by atoms with van der Waals surface area (Å²) in [5.74, 6) is -18.1. The quantitative estimate of drug-likeness (QED) is 0.297. The number of ether oxygens (including phenoxy) is 3. The van der Waals surface area contributed by atoms with E-state index in [2.05, 4.69) is 14.2 Å². The molecule has 1 fully saturated rings. The molecule has 170 valence electrons. The highest BCUT2D eigenvalue weighted by Gasteiger charge is 2.68. The average molecular weight is 440 g/mol. The number of esters is 2. The molecule has 0 bridgehead atoms. The average Bonchev–Trinajstić information content (AvgIpc) is 2.59. The van der Waals surface area contributed by atoms with E-state index in [0.717, 1.165) is 13.3 Å². The van der Waals surface area contributed by atoms with E-state index >= 15 is 0 Å². The molecule has 0 saturated heterocycles. The van der Waals surface area contributed by atoms with Crippen molar-refractivity contribution in [2.45, 2.75) is 76.2 Å². The molecular formula is C17H23F7O5. The van der Waals surface area contributed by atoms with Gasteiger partial charge in [-0.15, -0.1) is 0 Å². The predicted molar refractivity (Wildman–Crippen MR) is 84.2 cm³/mol. The molecule has 0 aromatic rings. The molecule has 1 saturated carbocycles. The van der Waals surface area contributed by atoms with E-state index in [-0.39, 0.29) is 19.8 Å². The highest BCUT2D eigenvalue weighted by Crippen LogP contribution is 2.41. The van der Waals surface area contributed by atoms with Gasteiger partial charge >= 0.3 is 35.7 Å². The molecule has 0 heterocycles. The van der Waals surface area contributed by atoms with Crippen LogP contribution in [0.25, 0.3) is 0 Å². The Morgan fingerprint density at radius 2 is 1.52 bits per heavy atom. The van der Waals surface area contributed by atoms with E-state index in [1.165, 1.54) is 0 Å². The third kappa shape index (κ3) is 6.19. The molecule has 0 radical (unpaired) electrons. The number of carbonyl (C=O) groups excluding carboxylic acids is 2. The molecule has 5 nitrogen and oxygen atoms in total. The highest BCUT2D eigenvalue weighted by atomic mass is 19.4. The minimum absolute atomic E-state index is 0.113. The lowest BCUT2D eigenvalue weighted by Gasteiger charge is -2.34.